The molecule has 0 aromatic carbocycles. The number of halogens is 1. The summed E-state index contributed by atoms with van der Waals surface area (Å²) in [6.45, 7) is 0. The van der Waals surface area contributed by atoms with E-state index < -0.39 is 11.5 Å². The lowest BCUT2D eigenvalue weighted by atomic mass is 10.0. The Morgan fingerprint density at radius 2 is 2.43 bits per heavy atom. The van der Waals surface area contributed by atoms with E-state index in [4.69, 9.17) is 0 Å². The summed E-state index contributed by atoms with van der Waals surface area (Å²) in [4.78, 5) is 9.90. The molecule has 7 heavy (non-hydrogen) atoms. The number of amides is 1. The Morgan fingerprint density at radius 3 is 2.43 bits per heavy atom. The van der Waals surface area contributed by atoms with Crippen molar-refractivity contribution in [1.29, 1.82) is 0 Å². The van der Waals surface area contributed by atoms with Crippen LogP contribution in [0.4, 0.5) is 4.39 Å². The molecule has 0 bridgehead atoms. The second-order valence-corrected chi connectivity index (χ2v) is 1.63. The zero-order chi connectivity index (χ0) is 5.49. The van der Waals surface area contributed by atoms with Gasteiger partial charge in [-0.3, -0.25) is 4.79 Å². The van der Waals surface area contributed by atoms with E-state index in [2.05, 4.69) is 5.73 Å². The Labute approximate surface area is 41.1 Å². The second kappa shape index (κ2) is 0.995. The minimum atomic E-state index is -1.74. The molecule has 0 saturated carbocycles. The summed E-state index contributed by atoms with van der Waals surface area (Å²) >= 11 is 0. The first-order chi connectivity index (χ1) is 3.15. The molecule has 1 heterocycles. The molecule has 1 aliphatic heterocycles. The van der Waals surface area contributed by atoms with Crippen LogP contribution in [0.25, 0.3) is 0 Å². The van der Waals surface area contributed by atoms with E-state index in [9.17, 15) is 9.18 Å². The van der Waals surface area contributed by atoms with E-state index >= 15 is 0 Å². The van der Waals surface area contributed by atoms with Crippen LogP contribution in [0.15, 0.2) is 0 Å². The van der Waals surface area contributed by atoms with Gasteiger partial charge in [0.25, 0.3) is 0 Å². The van der Waals surface area contributed by atoms with Crippen molar-refractivity contribution in [3.8, 4) is 0 Å². The summed E-state index contributed by atoms with van der Waals surface area (Å²) in [6.07, 6.45) is 0.197. The topological polar surface area (TPSA) is 43.1 Å². The van der Waals surface area contributed by atoms with Gasteiger partial charge in [0.2, 0.25) is 5.91 Å². The lowest BCUT2D eigenvalue weighted by Crippen LogP contribution is -2.27. The number of carbonyl (C=O) groups excluding carboxylic acids is 1. The molecule has 1 rings (SSSR count). The quantitative estimate of drug-likeness (QED) is 0.434. The molecule has 2 nitrogen and oxygen atoms in total. The smallest absolute Gasteiger partial charge is 0.245 e. The van der Waals surface area contributed by atoms with Crippen molar-refractivity contribution in [2.75, 3.05) is 0 Å². The van der Waals surface area contributed by atoms with Gasteiger partial charge in [0.15, 0.2) is 7.28 Å². The summed E-state index contributed by atoms with van der Waals surface area (Å²) in [5.74, 6) is -0.868. The van der Waals surface area contributed by atoms with Gasteiger partial charge in [-0.05, 0) is 6.32 Å². The molecule has 1 amide bonds. The first-order valence-corrected chi connectivity index (χ1v) is 1.98. The molecule has 1 aliphatic rings. The van der Waals surface area contributed by atoms with Crippen LogP contribution in [-0.2, 0) is 4.79 Å². The summed E-state index contributed by atoms with van der Waals surface area (Å²) in [5.41, 5.74) is 2.85. The highest BCUT2D eigenvalue weighted by molar-refractivity contribution is 6.60. The van der Waals surface area contributed by atoms with Crippen molar-refractivity contribution in [1.82, 2.24) is 0 Å². The highest BCUT2D eigenvalue weighted by atomic mass is 19.1. The summed E-state index contributed by atoms with van der Waals surface area (Å²) in [6, 6.07) is 0. The molecule has 0 aromatic rings. The number of primary amides is 1. The first kappa shape index (κ1) is 4.62. The molecule has 1 radical (unpaired) electrons. The Balaban J connectivity index is 2.55. The number of rotatable bonds is 1. The van der Waals surface area contributed by atoms with Crippen molar-refractivity contribution in [2.45, 2.75) is 11.9 Å². The third-order valence-electron chi connectivity index (χ3n) is 0.972. The molecular weight excluding hydrogens is 95.8 g/mol. The van der Waals surface area contributed by atoms with E-state index in [1.165, 1.54) is 7.28 Å². The third-order valence-corrected chi connectivity index (χ3v) is 0.972. The van der Waals surface area contributed by atoms with Crippen molar-refractivity contribution in [3.63, 3.8) is 0 Å². The maximum atomic E-state index is 12.1. The zero-order valence-corrected chi connectivity index (χ0v) is 3.65. The van der Waals surface area contributed by atoms with Crippen LogP contribution in [0.3, 0.4) is 0 Å². The van der Waals surface area contributed by atoms with Gasteiger partial charge in [0, 0.05) is 0 Å². The number of hydrogen-bond donors (Lipinski definition) is 1. The van der Waals surface area contributed by atoms with Gasteiger partial charge in [0.05, 0.1) is 0 Å². The number of carbonyl (C=O) groups is 1. The van der Waals surface area contributed by atoms with E-state index in [0.717, 1.165) is 0 Å². The molecule has 0 aliphatic carbocycles. The molecule has 4 heteroatoms. The van der Waals surface area contributed by atoms with Crippen LogP contribution < -0.4 is 5.73 Å². The van der Waals surface area contributed by atoms with Crippen LogP contribution >= 0.6 is 0 Å². The van der Waals surface area contributed by atoms with Crippen LogP contribution in [0, 0.1) is 0 Å². The predicted octanol–water partition coefficient (Wildman–Crippen LogP) is -0.726. The molecule has 2 N–H and O–H groups in total. The number of alkyl halides is 1. The fraction of sp³-hybridized carbons (Fsp3) is 0.667. The third kappa shape index (κ3) is 0.599. The minimum absolute atomic E-state index is 0.197. The molecule has 0 aromatic heterocycles. The fourth-order valence-electron chi connectivity index (χ4n) is 0.291. The number of nitrogens with two attached hydrogens (primary N) is 1. The van der Waals surface area contributed by atoms with Crippen LogP contribution in [0.1, 0.15) is 0 Å². The summed E-state index contributed by atoms with van der Waals surface area (Å²) in [7, 11) is 1.25. The van der Waals surface area contributed by atoms with Gasteiger partial charge >= 0.3 is 0 Å². The Bertz CT molecular complexity index is 112. The lowest BCUT2D eigenvalue weighted by Gasteiger charge is -1.93. The molecular formula is C3H4BFNO. The van der Waals surface area contributed by atoms with Crippen LogP contribution in [-0.4, -0.2) is 18.8 Å². The van der Waals surface area contributed by atoms with Gasteiger partial charge in [-0.25, -0.2) is 4.39 Å². The second-order valence-electron chi connectivity index (χ2n) is 1.63. The van der Waals surface area contributed by atoms with Crippen molar-refractivity contribution < 1.29 is 9.18 Å². The van der Waals surface area contributed by atoms with Gasteiger partial charge in [-0.2, -0.15) is 0 Å². The normalized spacial score (nSPS) is 36.7. The lowest BCUT2D eigenvalue weighted by molar-refractivity contribution is -0.122. The zero-order valence-electron chi connectivity index (χ0n) is 3.65. The highest BCUT2D eigenvalue weighted by Gasteiger charge is 2.50. The predicted molar refractivity (Wildman–Crippen MR) is 23.6 cm³/mol. The highest BCUT2D eigenvalue weighted by Crippen LogP contribution is 2.30. The van der Waals surface area contributed by atoms with Crippen LogP contribution in [0.2, 0.25) is 6.32 Å². The van der Waals surface area contributed by atoms with Crippen molar-refractivity contribution >= 4 is 13.2 Å². The van der Waals surface area contributed by atoms with Crippen LogP contribution in [0.5, 0.6) is 0 Å². The monoisotopic (exact) mass is 100 g/mol. The molecule has 1 unspecified atom stereocenters. The van der Waals surface area contributed by atoms with Gasteiger partial charge < -0.3 is 5.73 Å². The van der Waals surface area contributed by atoms with E-state index in [-0.39, 0.29) is 6.32 Å². The molecule has 1 atom stereocenters. The molecule has 1 saturated heterocycles. The molecule has 37 valence electrons. The summed E-state index contributed by atoms with van der Waals surface area (Å²) < 4.78 is 12.1. The SMILES string of the molecule is NC(=O)C1(F)[B]C1. The van der Waals surface area contributed by atoms with Gasteiger partial charge in [0.1, 0.15) is 5.57 Å². The Morgan fingerprint density at radius 1 is 2.00 bits per heavy atom. The Hall–Kier alpha value is -0.535. The largest absolute Gasteiger partial charge is 0.368 e. The van der Waals surface area contributed by atoms with Gasteiger partial charge in [-0.15, -0.1) is 0 Å². The average Bonchev–Trinajstić information content (AvgIpc) is 2.21. The van der Waals surface area contributed by atoms with Crippen molar-refractivity contribution in [3.05, 3.63) is 0 Å². The first-order valence-electron chi connectivity index (χ1n) is 1.98. The number of hydrogen-bond acceptors (Lipinski definition) is 1. The van der Waals surface area contributed by atoms with Crippen molar-refractivity contribution in [2.24, 2.45) is 5.73 Å². The van der Waals surface area contributed by atoms with E-state index in [1.54, 1.807) is 0 Å². The maximum absolute atomic E-state index is 12.1. The average molecular weight is 99.9 g/mol. The Kier molecular flexibility index (Phi) is 0.657. The van der Waals surface area contributed by atoms with E-state index in [1.807, 2.05) is 0 Å². The van der Waals surface area contributed by atoms with Gasteiger partial charge in [-0.1, -0.05) is 0 Å². The molecule has 0 spiro atoms. The standard InChI is InChI=1S/C3H4BFNO/c5-3(1-4-3)2(6)7/h1H2,(H2,6,7). The summed E-state index contributed by atoms with van der Waals surface area (Å²) in [5, 5.41) is 0. The minimum Gasteiger partial charge on any atom is -0.368 e. The molecule has 1 fully saturated rings. The fourth-order valence-corrected chi connectivity index (χ4v) is 0.291. The van der Waals surface area contributed by atoms with E-state index in [0.29, 0.717) is 0 Å². The maximum Gasteiger partial charge on any atom is 0.245 e.